The van der Waals surface area contributed by atoms with Gasteiger partial charge in [0.1, 0.15) is 0 Å². The molecule has 0 N–H and O–H groups in total. The largest absolute Gasteiger partial charge is 0.208 e. The standard InChI is InChI=1S/C46H31N3S/c1-30-21-23-35(24-22-30)45-47-44(34-13-6-3-7-14-34)48-46(49-45)41-20-10-19-40-39-18-9-17-38(42(39)50-43(40)41)37-16-8-15-36(29-37)33-27-25-32(26-28-33)31-11-4-2-5-12-31/h2-29H,1H3. The summed E-state index contributed by atoms with van der Waals surface area (Å²) >= 11 is 1.81. The maximum Gasteiger partial charge on any atom is 0.165 e. The Labute approximate surface area is 295 Å². The minimum Gasteiger partial charge on any atom is -0.208 e. The molecule has 0 spiro atoms. The average Bonchev–Trinajstić information content (AvgIpc) is 3.58. The number of aryl methyl sites for hydroxylation is 1. The first kappa shape index (κ1) is 29.9. The van der Waals surface area contributed by atoms with Crippen molar-refractivity contribution in [3.05, 3.63) is 175 Å². The zero-order valence-corrected chi connectivity index (χ0v) is 28.2. The maximum absolute atomic E-state index is 5.09. The average molecular weight is 658 g/mol. The molecule has 0 saturated carbocycles. The summed E-state index contributed by atoms with van der Waals surface area (Å²) in [4.78, 5) is 15.1. The van der Waals surface area contributed by atoms with Gasteiger partial charge in [0.05, 0.1) is 0 Å². The number of thiophene rings is 1. The van der Waals surface area contributed by atoms with Crippen molar-refractivity contribution in [2.45, 2.75) is 6.92 Å². The van der Waals surface area contributed by atoms with Gasteiger partial charge in [-0.25, -0.2) is 15.0 Å². The van der Waals surface area contributed by atoms with Crippen molar-refractivity contribution in [1.82, 2.24) is 15.0 Å². The number of hydrogen-bond acceptors (Lipinski definition) is 4. The van der Waals surface area contributed by atoms with Crippen molar-refractivity contribution >= 4 is 31.5 Å². The van der Waals surface area contributed by atoms with Crippen LogP contribution in [0.3, 0.4) is 0 Å². The normalized spacial score (nSPS) is 11.3. The molecule has 0 radical (unpaired) electrons. The number of hydrogen-bond donors (Lipinski definition) is 0. The van der Waals surface area contributed by atoms with Crippen molar-refractivity contribution in [3.8, 4) is 67.5 Å². The fourth-order valence-corrected chi connectivity index (χ4v) is 7.97. The molecule has 236 valence electrons. The summed E-state index contributed by atoms with van der Waals surface area (Å²) in [5.74, 6) is 2.01. The van der Waals surface area contributed by atoms with Gasteiger partial charge in [0.25, 0.3) is 0 Å². The lowest BCUT2D eigenvalue weighted by Crippen LogP contribution is -2.00. The summed E-state index contributed by atoms with van der Waals surface area (Å²) in [6, 6.07) is 59.9. The Morgan fingerprint density at radius 1 is 0.340 bits per heavy atom. The van der Waals surface area contributed by atoms with Gasteiger partial charge < -0.3 is 0 Å². The molecule has 0 aliphatic rings. The third kappa shape index (κ3) is 5.56. The van der Waals surface area contributed by atoms with Gasteiger partial charge in [0.15, 0.2) is 17.5 Å². The van der Waals surface area contributed by atoms with E-state index >= 15 is 0 Å². The monoisotopic (exact) mass is 657 g/mol. The first-order valence-corrected chi connectivity index (χ1v) is 17.6. The van der Waals surface area contributed by atoms with E-state index in [0.717, 1.165) is 16.7 Å². The van der Waals surface area contributed by atoms with Crippen LogP contribution in [0.4, 0.5) is 0 Å². The molecule has 0 atom stereocenters. The van der Waals surface area contributed by atoms with Crippen LogP contribution < -0.4 is 0 Å². The highest BCUT2D eigenvalue weighted by Crippen LogP contribution is 2.44. The molecule has 0 aliphatic carbocycles. The summed E-state index contributed by atoms with van der Waals surface area (Å²) in [5, 5.41) is 2.44. The van der Waals surface area contributed by atoms with Gasteiger partial charge in [-0.2, -0.15) is 0 Å². The lowest BCUT2D eigenvalue weighted by Gasteiger charge is -2.09. The Morgan fingerprint density at radius 3 is 1.44 bits per heavy atom. The SMILES string of the molecule is Cc1ccc(-c2nc(-c3ccccc3)nc(-c3cccc4c3sc3c(-c5cccc(-c6ccc(-c7ccccc7)cc6)c5)cccc34)n2)cc1. The molecule has 4 heteroatoms. The van der Waals surface area contributed by atoms with Gasteiger partial charge >= 0.3 is 0 Å². The second-order valence-corrected chi connectivity index (χ2v) is 13.5. The summed E-state index contributed by atoms with van der Waals surface area (Å²) in [5.41, 5.74) is 11.4. The molecule has 0 amide bonds. The smallest absolute Gasteiger partial charge is 0.165 e. The van der Waals surface area contributed by atoms with E-state index in [0.29, 0.717) is 17.5 Å². The molecule has 0 bridgehead atoms. The number of fused-ring (bicyclic) bond motifs is 3. The van der Waals surface area contributed by atoms with Gasteiger partial charge in [-0.3, -0.25) is 0 Å². The fourth-order valence-electron chi connectivity index (χ4n) is 6.62. The first-order valence-electron chi connectivity index (χ1n) is 16.8. The second-order valence-electron chi connectivity index (χ2n) is 12.5. The Morgan fingerprint density at radius 2 is 0.780 bits per heavy atom. The second kappa shape index (κ2) is 12.7. The Hall–Kier alpha value is -6.23. The van der Waals surface area contributed by atoms with Gasteiger partial charge in [-0.15, -0.1) is 11.3 Å². The lowest BCUT2D eigenvalue weighted by atomic mass is 9.96. The number of benzene rings is 7. The molecule has 0 unspecified atom stereocenters. The van der Waals surface area contributed by atoms with Crippen LogP contribution in [-0.2, 0) is 0 Å². The minimum atomic E-state index is 0.665. The van der Waals surface area contributed by atoms with Crippen molar-refractivity contribution in [1.29, 1.82) is 0 Å². The highest BCUT2D eigenvalue weighted by molar-refractivity contribution is 7.26. The topological polar surface area (TPSA) is 38.7 Å². The molecule has 2 aromatic heterocycles. The third-order valence-electron chi connectivity index (χ3n) is 9.24. The van der Waals surface area contributed by atoms with Gasteiger partial charge in [0, 0.05) is 36.9 Å². The highest BCUT2D eigenvalue weighted by Gasteiger charge is 2.18. The van der Waals surface area contributed by atoms with Crippen molar-refractivity contribution in [2.75, 3.05) is 0 Å². The molecule has 2 heterocycles. The number of aromatic nitrogens is 3. The fraction of sp³-hybridized carbons (Fsp3) is 0.0217. The summed E-state index contributed by atoms with van der Waals surface area (Å²) < 4.78 is 2.42. The molecule has 0 aliphatic heterocycles. The van der Waals surface area contributed by atoms with Gasteiger partial charge in [0.2, 0.25) is 0 Å². The van der Waals surface area contributed by atoms with E-state index in [-0.39, 0.29) is 0 Å². The summed E-state index contributed by atoms with van der Waals surface area (Å²) in [7, 11) is 0. The Kier molecular flexibility index (Phi) is 7.57. The van der Waals surface area contributed by atoms with Crippen LogP contribution in [0.2, 0.25) is 0 Å². The van der Waals surface area contributed by atoms with E-state index in [4.69, 9.17) is 15.0 Å². The number of nitrogens with zero attached hydrogens (tertiary/aromatic N) is 3. The van der Waals surface area contributed by atoms with E-state index in [9.17, 15) is 0 Å². The summed E-state index contributed by atoms with van der Waals surface area (Å²) in [6.07, 6.45) is 0. The van der Waals surface area contributed by atoms with Gasteiger partial charge in [-0.1, -0.05) is 163 Å². The minimum absolute atomic E-state index is 0.665. The van der Waals surface area contributed by atoms with E-state index in [2.05, 4.69) is 159 Å². The van der Waals surface area contributed by atoms with Crippen LogP contribution in [0, 0.1) is 6.92 Å². The van der Waals surface area contributed by atoms with Crippen LogP contribution in [0.15, 0.2) is 170 Å². The predicted molar refractivity (Wildman–Crippen MR) is 210 cm³/mol. The first-order chi connectivity index (χ1) is 24.7. The van der Waals surface area contributed by atoms with Crippen LogP contribution in [0.1, 0.15) is 5.56 Å². The highest BCUT2D eigenvalue weighted by atomic mass is 32.1. The molecule has 9 rings (SSSR count). The van der Waals surface area contributed by atoms with Crippen LogP contribution >= 0.6 is 11.3 Å². The zero-order valence-electron chi connectivity index (χ0n) is 27.4. The lowest BCUT2D eigenvalue weighted by molar-refractivity contribution is 1.08. The van der Waals surface area contributed by atoms with E-state index in [1.807, 2.05) is 29.5 Å². The van der Waals surface area contributed by atoms with E-state index in [1.54, 1.807) is 0 Å². The quantitative estimate of drug-likeness (QED) is 0.179. The van der Waals surface area contributed by atoms with Gasteiger partial charge in [-0.05, 0) is 52.4 Å². The zero-order chi connectivity index (χ0) is 33.4. The maximum atomic E-state index is 5.09. The van der Waals surface area contributed by atoms with Crippen molar-refractivity contribution in [3.63, 3.8) is 0 Å². The third-order valence-corrected chi connectivity index (χ3v) is 10.5. The van der Waals surface area contributed by atoms with Crippen LogP contribution in [-0.4, -0.2) is 15.0 Å². The molecule has 50 heavy (non-hydrogen) atoms. The molecule has 9 aromatic rings. The predicted octanol–water partition coefficient (Wildman–Crippen LogP) is 12.5. The van der Waals surface area contributed by atoms with Crippen molar-refractivity contribution < 1.29 is 0 Å². The van der Waals surface area contributed by atoms with E-state index in [1.165, 1.54) is 59.1 Å². The molecule has 3 nitrogen and oxygen atoms in total. The van der Waals surface area contributed by atoms with Crippen LogP contribution in [0.25, 0.3) is 87.7 Å². The Balaban J connectivity index is 1.16. The molecule has 0 fully saturated rings. The number of rotatable bonds is 6. The molecule has 7 aromatic carbocycles. The molecule has 0 saturated heterocycles. The Bertz CT molecular complexity index is 2630. The van der Waals surface area contributed by atoms with E-state index < -0.39 is 0 Å². The van der Waals surface area contributed by atoms with Crippen molar-refractivity contribution in [2.24, 2.45) is 0 Å². The van der Waals surface area contributed by atoms with Crippen LogP contribution in [0.5, 0.6) is 0 Å². The molecular weight excluding hydrogens is 627 g/mol. The summed E-state index contributed by atoms with van der Waals surface area (Å²) in [6.45, 7) is 2.09. The molecular formula is C46H31N3S.